The lowest BCUT2D eigenvalue weighted by molar-refractivity contribution is -0.139. The molecule has 0 fully saturated rings. The van der Waals surface area contributed by atoms with Crippen LogP contribution in [0.5, 0.6) is 0 Å². The molecule has 2 N–H and O–H groups in total. The Hall–Kier alpha value is -1.63. The molecule has 0 aliphatic heterocycles. The van der Waals surface area contributed by atoms with Gasteiger partial charge in [0.05, 0.1) is 17.0 Å². The molecule has 25 heavy (non-hydrogen) atoms. The molecule has 0 aromatic heterocycles. The molecule has 0 radical (unpaired) electrons. The molecule has 136 valence electrons. The average molecular weight is 377 g/mol. The van der Waals surface area contributed by atoms with Gasteiger partial charge in [-0.25, -0.2) is 4.39 Å². The number of aliphatic hydroxyl groups excluding tert-OH is 1. The summed E-state index contributed by atoms with van der Waals surface area (Å²) in [6, 6.07) is 6.76. The van der Waals surface area contributed by atoms with Crippen molar-refractivity contribution in [3.63, 3.8) is 0 Å². The van der Waals surface area contributed by atoms with Crippen molar-refractivity contribution in [2.45, 2.75) is 37.6 Å². The van der Waals surface area contributed by atoms with Crippen LogP contribution < -0.4 is 0 Å². The first kappa shape index (κ1) is 19.7. The molecule has 7 heteroatoms. The predicted octanol–water partition coefficient (Wildman–Crippen LogP) is 4.89. The lowest BCUT2D eigenvalue weighted by Gasteiger charge is -2.26. The summed E-state index contributed by atoms with van der Waals surface area (Å²) in [5.41, 5.74) is -2.97. The Morgan fingerprint density at radius 3 is 2.16 bits per heavy atom. The summed E-state index contributed by atoms with van der Waals surface area (Å²) < 4.78 is 53.7. The van der Waals surface area contributed by atoms with Gasteiger partial charge in [0.1, 0.15) is 11.9 Å². The molecule has 0 bridgehead atoms. The topological polar surface area (TPSA) is 40.5 Å². The van der Waals surface area contributed by atoms with E-state index in [2.05, 4.69) is 0 Å². The van der Waals surface area contributed by atoms with Gasteiger partial charge in [-0.05, 0) is 48.7 Å². The first-order valence-electron chi connectivity index (χ1n) is 7.42. The highest BCUT2D eigenvalue weighted by Gasteiger charge is 2.36. The normalized spacial score (nSPS) is 13.8. The van der Waals surface area contributed by atoms with Crippen LogP contribution in [0.3, 0.4) is 0 Å². The monoisotopic (exact) mass is 376 g/mol. The fourth-order valence-corrected chi connectivity index (χ4v) is 2.86. The van der Waals surface area contributed by atoms with Crippen molar-refractivity contribution in [2.75, 3.05) is 0 Å². The maximum Gasteiger partial charge on any atom is 0.416 e. The average Bonchev–Trinajstić information content (AvgIpc) is 2.52. The van der Waals surface area contributed by atoms with E-state index in [9.17, 15) is 27.8 Å². The van der Waals surface area contributed by atoms with Gasteiger partial charge < -0.3 is 10.2 Å². The second kappa shape index (κ2) is 6.94. The van der Waals surface area contributed by atoms with Crippen molar-refractivity contribution in [3.8, 4) is 0 Å². The van der Waals surface area contributed by atoms with Crippen molar-refractivity contribution in [3.05, 3.63) is 70.0 Å². The van der Waals surface area contributed by atoms with Gasteiger partial charge >= 0.3 is 6.18 Å². The third kappa shape index (κ3) is 4.14. The Morgan fingerprint density at radius 1 is 1.04 bits per heavy atom. The molecule has 0 heterocycles. The minimum absolute atomic E-state index is 0.0108. The molecule has 0 amide bonds. The van der Waals surface area contributed by atoms with Gasteiger partial charge in [0.25, 0.3) is 0 Å². The highest BCUT2D eigenvalue weighted by molar-refractivity contribution is 6.17. The van der Waals surface area contributed by atoms with Crippen LogP contribution in [0.1, 0.15) is 47.8 Å². The van der Waals surface area contributed by atoms with Crippen LogP contribution in [0.15, 0.2) is 36.4 Å². The molecule has 0 aliphatic rings. The van der Waals surface area contributed by atoms with E-state index in [1.807, 2.05) is 0 Å². The zero-order chi connectivity index (χ0) is 19.0. The predicted molar refractivity (Wildman–Crippen MR) is 86.7 cm³/mol. The molecule has 2 aromatic rings. The van der Waals surface area contributed by atoms with Crippen LogP contribution in [0.25, 0.3) is 0 Å². The van der Waals surface area contributed by atoms with Crippen LogP contribution in [-0.4, -0.2) is 10.2 Å². The van der Waals surface area contributed by atoms with Crippen LogP contribution in [0, 0.1) is 5.82 Å². The van der Waals surface area contributed by atoms with E-state index >= 15 is 0 Å². The molecule has 1 unspecified atom stereocenters. The smallest absolute Gasteiger partial charge is 0.386 e. The van der Waals surface area contributed by atoms with E-state index in [0.717, 1.165) is 18.2 Å². The van der Waals surface area contributed by atoms with Crippen molar-refractivity contribution in [1.82, 2.24) is 0 Å². The van der Waals surface area contributed by atoms with Crippen LogP contribution in [0.2, 0.25) is 0 Å². The molecule has 0 saturated heterocycles. The Balaban J connectivity index is 2.70. The van der Waals surface area contributed by atoms with Gasteiger partial charge in [-0.15, -0.1) is 11.6 Å². The summed E-state index contributed by atoms with van der Waals surface area (Å²) in [7, 11) is 0. The van der Waals surface area contributed by atoms with E-state index in [-0.39, 0.29) is 28.1 Å². The first-order chi connectivity index (χ1) is 11.5. The fraction of sp³-hybridized carbons (Fsp3) is 0.333. The maximum atomic E-state index is 14.0. The molecule has 2 aromatic carbocycles. The van der Waals surface area contributed by atoms with E-state index in [4.69, 9.17) is 11.6 Å². The Labute approximate surface area is 147 Å². The third-order valence-corrected chi connectivity index (χ3v) is 4.16. The van der Waals surface area contributed by atoms with Gasteiger partial charge in [0.15, 0.2) is 0 Å². The first-order valence-corrected chi connectivity index (χ1v) is 7.95. The number of aliphatic hydroxyl groups is 2. The van der Waals surface area contributed by atoms with Crippen molar-refractivity contribution in [2.24, 2.45) is 0 Å². The van der Waals surface area contributed by atoms with Gasteiger partial charge in [0.2, 0.25) is 0 Å². The molecule has 0 aliphatic carbocycles. The van der Waals surface area contributed by atoms with Crippen LogP contribution >= 0.6 is 11.6 Å². The fourth-order valence-electron chi connectivity index (χ4n) is 2.66. The van der Waals surface area contributed by atoms with E-state index in [1.54, 1.807) is 0 Å². The minimum atomic E-state index is -4.66. The number of hydrogen-bond acceptors (Lipinski definition) is 2. The summed E-state index contributed by atoms with van der Waals surface area (Å²) in [5, 5.41) is 20.9. The Morgan fingerprint density at radius 2 is 1.64 bits per heavy atom. The highest BCUT2D eigenvalue weighted by atomic mass is 35.5. The summed E-state index contributed by atoms with van der Waals surface area (Å²) in [5.74, 6) is -0.925. The lowest BCUT2D eigenvalue weighted by atomic mass is 9.86. The molecule has 2 rings (SSSR count). The maximum absolute atomic E-state index is 14.0. The molecular formula is C18H17ClF4O2. The second-order valence-electron chi connectivity index (χ2n) is 6.21. The molecule has 0 saturated carbocycles. The SMILES string of the molecule is CC(C)(O)c1cc(F)c(CCl)cc1C(O)c1ccccc1C(F)(F)F. The third-order valence-electron chi connectivity index (χ3n) is 3.88. The van der Waals surface area contributed by atoms with Crippen molar-refractivity contribution < 1.29 is 27.8 Å². The summed E-state index contributed by atoms with van der Waals surface area (Å²) in [6.07, 6.45) is -6.37. The summed E-state index contributed by atoms with van der Waals surface area (Å²) >= 11 is 5.66. The number of alkyl halides is 4. The highest BCUT2D eigenvalue weighted by Crippen LogP contribution is 2.39. The van der Waals surface area contributed by atoms with E-state index in [0.29, 0.717) is 0 Å². The second-order valence-corrected chi connectivity index (χ2v) is 6.48. The van der Waals surface area contributed by atoms with Gasteiger partial charge in [-0.3, -0.25) is 0 Å². The van der Waals surface area contributed by atoms with Crippen molar-refractivity contribution in [1.29, 1.82) is 0 Å². The zero-order valence-electron chi connectivity index (χ0n) is 13.5. The van der Waals surface area contributed by atoms with Gasteiger partial charge in [0, 0.05) is 5.56 Å². The molecule has 1 atom stereocenters. The molecule has 2 nitrogen and oxygen atoms in total. The molecule has 0 spiro atoms. The number of benzene rings is 2. The largest absolute Gasteiger partial charge is 0.416 e. The lowest BCUT2D eigenvalue weighted by Crippen LogP contribution is -2.22. The van der Waals surface area contributed by atoms with Crippen LogP contribution in [0.4, 0.5) is 17.6 Å². The van der Waals surface area contributed by atoms with Crippen molar-refractivity contribution >= 4 is 11.6 Å². The summed E-state index contributed by atoms with van der Waals surface area (Å²) in [6.45, 7) is 2.71. The van der Waals surface area contributed by atoms with Gasteiger partial charge in [-0.1, -0.05) is 18.2 Å². The minimum Gasteiger partial charge on any atom is -0.386 e. The zero-order valence-corrected chi connectivity index (χ0v) is 14.3. The molecular weight excluding hydrogens is 360 g/mol. The Kier molecular flexibility index (Phi) is 5.47. The van der Waals surface area contributed by atoms with Crippen LogP contribution in [-0.2, 0) is 17.7 Å². The van der Waals surface area contributed by atoms with Gasteiger partial charge in [-0.2, -0.15) is 13.2 Å². The summed E-state index contributed by atoms with van der Waals surface area (Å²) in [4.78, 5) is 0. The standard InChI is InChI=1S/C18H17ClF4O2/c1-17(2,25)14-8-15(20)10(9-19)7-12(14)16(24)11-5-3-4-6-13(11)18(21,22)23/h3-8,16,24-25H,9H2,1-2H3. The number of hydrogen-bond donors (Lipinski definition) is 2. The number of halogens is 5. The quantitative estimate of drug-likeness (QED) is 0.589. The Bertz CT molecular complexity index is 767. The van der Waals surface area contributed by atoms with E-state index < -0.39 is 29.3 Å². The van der Waals surface area contributed by atoms with E-state index in [1.165, 1.54) is 32.0 Å². The number of rotatable bonds is 4.